The summed E-state index contributed by atoms with van der Waals surface area (Å²) in [6, 6.07) is 0. The van der Waals surface area contributed by atoms with Gasteiger partial charge in [0.05, 0.1) is 12.5 Å². The van der Waals surface area contributed by atoms with Crippen LogP contribution in [0.3, 0.4) is 0 Å². The van der Waals surface area contributed by atoms with Gasteiger partial charge in [0.1, 0.15) is 6.10 Å². The molecule has 0 amide bonds. The van der Waals surface area contributed by atoms with Gasteiger partial charge in [-0.1, -0.05) is 19.8 Å². The van der Waals surface area contributed by atoms with Gasteiger partial charge in [0.15, 0.2) is 12.0 Å². The average molecular weight is 286 g/mol. The lowest BCUT2D eigenvalue weighted by molar-refractivity contribution is -0.141. The van der Waals surface area contributed by atoms with Gasteiger partial charge in [0.25, 0.3) is 0 Å². The molecule has 2 rings (SSSR count). The Kier molecular flexibility index (Phi) is 5.13. The number of hydrogen-bond acceptors (Lipinski definition) is 4. The van der Waals surface area contributed by atoms with E-state index < -0.39 is 12.3 Å². The number of unbranched alkanes of at least 4 members (excludes halogenated alkanes) is 1. The summed E-state index contributed by atoms with van der Waals surface area (Å²) < 4.78 is 18.7. The molecule has 114 valence electrons. The van der Waals surface area contributed by atoms with Gasteiger partial charge in [0.2, 0.25) is 0 Å². The number of alkyl halides is 1. The Morgan fingerprint density at radius 3 is 3.00 bits per heavy atom. The van der Waals surface area contributed by atoms with E-state index in [0.29, 0.717) is 25.7 Å². The van der Waals surface area contributed by atoms with Crippen LogP contribution in [-0.2, 0) is 14.3 Å². The Morgan fingerprint density at radius 1 is 1.55 bits per heavy atom. The van der Waals surface area contributed by atoms with Crippen molar-refractivity contribution in [2.45, 2.75) is 70.2 Å². The van der Waals surface area contributed by atoms with Crippen LogP contribution in [0, 0.1) is 11.8 Å². The Bertz CT molecular complexity index is 371. The van der Waals surface area contributed by atoms with E-state index in [2.05, 4.69) is 0 Å². The number of ether oxygens (including phenoxy) is 1. The van der Waals surface area contributed by atoms with Gasteiger partial charge < -0.3 is 9.84 Å². The molecule has 20 heavy (non-hydrogen) atoms. The molecule has 1 aliphatic carbocycles. The van der Waals surface area contributed by atoms with Crippen LogP contribution in [-0.4, -0.2) is 35.2 Å². The van der Waals surface area contributed by atoms with Gasteiger partial charge >= 0.3 is 5.97 Å². The molecule has 5 atom stereocenters. The number of aliphatic hydroxyl groups is 1. The Labute approximate surface area is 118 Å². The third kappa shape index (κ3) is 3.37. The summed E-state index contributed by atoms with van der Waals surface area (Å²) in [6.07, 6.45) is 1.10. The van der Waals surface area contributed by atoms with Crippen LogP contribution in [0.4, 0.5) is 4.39 Å². The van der Waals surface area contributed by atoms with Gasteiger partial charge in [-0.2, -0.15) is 0 Å². The molecule has 0 spiro atoms. The molecule has 1 N–H and O–H groups in total. The summed E-state index contributed by atoms with van der Waals surface area (Å²) in [7, 11) is 0. The third-order valence-electron chi connectivity index (χ3n) is 4.57. The van der Waals surface area contributed by atoms with E-state index in [1.807, 2.05) is 6.92 Å². The molecule has 0 aromatic heterocycles. The highest BCUT2D eigenvalue weighted by molar-refractivity contribution is 5.82. The Hall–Kier alpha value is -0.970. The lowest BCUT2D eigenvalue weighted by Crippen LogP contribution is -2.23. The van der Waals surface area contributed by atoms with Gasteiger partial charge in [-0.3, -0.25) is 9.59 Å². The molecule has 1 heterocycles. The molecule has 1 saturated heterocycles. The number of rotatable bonds is 7. The maximum atomic E-state index is 13.6. The van der Waals surface area contributed by atoms with Crippen LogP contribution in [0.2, 0.25) is 0 Å². The lowest BCUT2D eigenvalue weighted by atomic mass is 9.87. The number of carbonyl (C=O) groups is 2. The van der Waals surface area contributed by atoms with E-state index in [9.17, 15) is 19.1 Å². The number of carbonyl (C=O) groups excluding carboxylic acids is 2. The van der Waals surface area contributed by atoms with Gasteiger partial charge in [0, 0.05) is 18.8 Å². The first-order valence-corrected chi connectivity index (χ1v) is 7.57. The van der Waals surface area contributed by atoms with E-state index in [4.69, 9.17) is 4.74 Å². The first-order chi connectivity index (χ1) is 9.52. The highest BCUT2D eigenvalue weighted by Gasteiger charge is 2.49. The molecule has 1 aliphatic heterocycles. The molecule has 2 fully saturated rings. The highest BCUT2D eigenvalue weighted by Crippen LogP contribution is 2.43. The minimum atomic E-state index is -1.38. The number of hydrogen-bond donors (Lipinski definition) is 1. The van der Waals surface area contributed by atoms with E-state index >= 15 is 0 Å². The van der Waals surface area contributed by atoms with Crippen molar-refractivity contribution in [3.8, 4) is 0 Å². The van der Waals surface area contributed by atoms with Gasteiger partial charge in [-0.15, -0.1) is 0 Å². The maximum Gasteiger partial charge on any atom is 0.306 e. The largest absolute Gasteiger partial charge is 0.462 e. The number of fused-ring (bicyclic) bond motifs is 1. The molecule has 2 aliphatic rings. The quantitative estimate of drug-likeness (QED) is 0.729. The van der Waals surface area contributed by atoms with Crippen LogP contribution in [0.5, 0.6) is 0 Å². The number of ketones is 1. The molecule has 1 saturated carbocycles. The minimum absolute atomic E-state index is 0.000923. The lowest BCUT2D eigenvalue weighted by Gasteiger charge is -2.19. The van der Waals surface area contributed by atoms with Crippen LogP contribution in [0.1, 0.15) is 51.9 Å². The molecular formula is C15H23FO4. The molecular weight excluding hydrogens is 263 g/mol. The van der Waals surface area contributed by atoms with Crippen LogP contribution < -0.4 is 0 Å². The topological polar surface area (TPSA) is 63.6 Å². The first-order valence-electron chi connectivity index (χ1n) is 7.57. The fourth-order valence-corrected chi connectivity index (χ4v) is 3.39. The second kappa shape index (κ2) is 6.66. The summed E-state index contributed by atoms with van der Waals surface area (Å²) in [4.78, 5) is 23.0. The molecule has 5 unspecified atom stereocenters. The summed E-state index contributed by atoms with van der Waals surface area (Å²) in [5, 5.41) is 9.98. The van der Waals surface area contributed by atoms with Crippen molar-refractivity contribution in [3.63, 3.8) is 0 Å². The first kappa shape index (κ1) is 15.4. The molecule has 5 heteroatoms. The van der Waals surface area contributed by atoms with Crippen molar-refractivity contribution in [2.75, 3.05) is 0 Å². The SMILES string of the molecule is CCCCC(F)C(=O)CCC1C(O)CC2OC(=O)CC21. The van der Waals surface area contributed by atoms with Crippen molar-refractivity contribution in [2.24, 2.45) is 11.8 Å². The van der Waals surface area contributed by atoms with Crippen molar-refractivity contribution >= 4 is 11.8 Å². The molecule has 4 nitrogen and oxygen atoms in total. The van der Waals surface area contributed by atoms with E-state index in [-0.39, 0.29) is 42.5 Å². The molecule has 0 aromatic rings. The normalized spacial score (nSPS) is 33.9. The van der Waals surface area contributed by atoms with Crippen molar-refractivity contribution < 1.29 is 23.8 Å². The van der Waals surface area contributed by atoms with Crippen molar-refractivity contribution in [3.05, 3.63) is 0 Å². The minimum Gasteiger partial charge on any atom is -0.462 e. The Balaban J connectivity index is 1.81. The number of esters is 1. The van der Waals surface area contributed by atoms with Crippen molar-refractivity contribution in [1.29, 1.82) is 0 Å². The second-order valence-corrected chi connectivity index (χ2v) is 5.98. The highest BCUT2D eigenvalue weighted by atomic mass is 19.1. The standard InChI is InChI=1S/C15H23FO4/c1-2-3-4-11(16)12(17)6-5-9-10-7-15(19)20-14(10)8-13(9)18/h9-11,13-14,18H,2-8H2,1H3. The zero-order valence-corrected chi connectivity index (χ0v) is 11.9. The molecule has 0 bridgehead atoms. The third-order valence-corrected chi connectivity index (χ3v) is 4.57. The van der Waals surface area contributed by atoms with Crippen LogP contribution >= 0.6 is 0 Å². The number of aliphatic hydroxyl groups excluding tert-OH is 1. The van der Waals surface area contributed by atoms with Gasteiger partial charge in [-0.05, 0) is 18.8 Å². The average Bonchev–Trinajstić information content (AvgIpc) is 2.88. The predicted octanol–water partition coefficient (Wildman–Crippen LogP) is 2.18. The zero-order valence-electron chi connectivity index (χ0n) is 11.9. The molecule has 0 aromatic carbocycles. The van der Waals surface area contributed by atoms with Gasteiger partial charge in [-0.25, -0.2) is 4.39 Å². The fraction of sp³-hybridized carbons (Fsp3) is 0.867. The Morgan fingerprint density at radius 2 is 2.30 bits per heavy atom. The van der Waals surface area contributed by atoms with E-state index in [0.717, 1.165) is 6.42 Å². The summed E-state index contributed by atoms with van der Waals surface area (Å²) in [5.74, 6) is -0.721. The smallest absolute Gasteiger partial charge is 0.306 e. The zero-order chi connectivity index (χ0) is 14.7. The summed E-state index contributed by atoms with van der Waals surface area (Å²) in [5.41, 5.74) is 0. The van der Waals surface area contributed by atoms with Crippen LogP contribution in [0.15, 0.2) is 0 Å². The van der Waals surface area contributed by atoms with Crippen LogP contribution in [0.25, 0.3) is 0 Å². The maximum absolute atomic E-state index is 13.6. The second-order valence-electron chi connectivity index (χ2n) is 5.98. The summed E-state index contributed by atoms with van der Waals surface area (Å²) >= 11 is 0. The van der Waals surface area contributed by atoms with E-state index in [1.165, 1.54) is 0 Å². The predicted molar refractivity (Wildman–Crippen MR) is 70.8 cm³/mol. The van der Waals surface area contributed by atoms with Crippen molar-refractivity contribution in [1.82, 2.24) is 0 Å². The summed E-state index contributed by atoms with van der Waals surface area (Å²) in [6.45, 7) is 1.96. The number of Topliss-reactive ketones (excluding diaryl/α,β-unsaturated/α-hetero) is 1. The number of halogens is 1. The van der Waals surface area contributed by atoms with E-state index in [1.54, 1.807) is 0 Å². The monoisotopic (exact) mass is 286 g/mol. The molecule has 0 radical (unpaired) electrons. The fourth-order valence-electron chi connectivity index (χ4n) is 3.39.